The van der Waals surface area contributed by atoms with Gasteiger partial charge in [-0.05, 0) is 12.8 Å². The van der Waals surface area contributed by atoms with Gasteiger partial charge in [0.2, 0.25) is 5.91 Å². The lowest BCUT2D eigenvalue weighted by Gasteiger charge is -2.33. The number of ether oxygens (including phenoxy) is 1. The van der Waals surface area contributed by atoms with Gasteiger partial charge in [0.15, 0.2) is 11.6 Å². The molecule has 1 aromatic rings. The van der Waals surface area contributed by atoms with E-state index >= 15 is 0 Å². The highest BCUT2D eigenvalue weighted by molar-refractivity contribution is 7.86. The second-order valence-corrected chi connectivity index (χ2v) is 9.12. The molecule has 31 heavy (non-hydrogen) atoms. The Balaban J connectivity index is 1.67. The van der Waals surface area contributed by atoms with E-state index in [9.17, 15) is 26.8 Å². The van der Waals surface area contributed by atoms with Crippen molar-refractivity contribution < 1.29 is 35.7 Å². The van der Waals surface area contributed by atoms with Gasteiger partial charge < -0.3 is 15.0 Å². The standard InChI is InChI=1S/C19H25F2N3O6S/c1-3-17(25)22-10-14-11-24(19(26)29-14)12-8-15(20)18(16(21)9-12)23-6-4-13(5-7-23)30-31(2,27)28/h8-9,13-14H,3-7,10-11H2,1-2H3,(H,22,25). The van der Waals surface area contributed by atoms with Crippen LogP contribution in [0.1, 0.15) is 26.2 Å². The largest absolute Gasteiger partial charge is 0.442 e. The Labute approximate surface area is 179 Å². The zero-order chi connectivity index (χ0) is 22.8. The molecule has 3 rings (SSSR count). The van der Waals surface area contributed by atoms with E-state index in [1.54, 1.807) is 6.92 Å². The molecule has 2 heterocycles. The quantitative estimate of drug-likeness (QED) is 0.617. The van der Waals surface area contributed by atoms with Crippen molar-refractivity contribution in [2.45, 2.75) is 38.4 Å². The summed E-state index contributed by atoms with van der Waals surface area (Å²) in [5, 5.41) is 2.61. The lowest BCUT2D eigenvalue weighted by atomic mass is 10.1. The van der Waals surface area contributed by atoms with Gasteiger partial charge in [0.05, 0.1) is 31.1 Å². The Morgan fingerprint density at radius 2 is 1.87 bits per heavy atom. The van der Waals surface area contributed by atoms with Crippen molar-refractivity contribution in [3.63, 3.8) is 0 Å². The molecule has 1 atom stereocenters. The topological polar surface area (TPSA) is 105 Å². The summed E-state index contributed by atoms with van der Waals surface area (Å²) in [4.78, 5) is 26.1. The molecule has 12 heteroatoms. The summed E-state index contributed by atoms with van der Waals surface area (Å²) in [6.45, 7) is 2.30. The molecule has 0 spiro atoms. The maximum absolute atomic E-state index is 14.8. The van der Waals surface area contributed by atoms with Gasteiger partial charge in [-0.3, -0.25) is 13.9 Å². The van der Waals surface area contributed by atoms with Gasteiger partial charge in [-0.25, -0.2) is 13.6 Å². The van der Waals surface area contributed by atoms with E-state index in [4.69, 9.17) is 8.92 Å². The van der Waals surface area contributed by atoms with Crippen molar-refractivity contribution in [3.05, 3.63) is 23.8 Å². The van der Waals surface area contributed by atoms with Crippen molar-refractivity contribution in [3.8, 4) is 0 Å². The molecule has 1 unspecified atom stereocenters. The van der Waals surface area contributed by atoms with Crippen LogP contribution in [0.4, 0.5) is 25.0 Å². The van der Waals surface area contributed by atoms with E-state index in [1.807, 2.05) is 0 Å². The summed E-state index contributed by atoms with van der Waals surface area (Å²) in [5.41, 5.74) is -0.218. The number of piperidine rings is 1. The first-order valence-electron chi connectivity index (χ1n) is 9.94. The number of rotatable bonds is 7. The third-order valence-electron chi connectivity index (χ3n) is 5.10. The van der Waals surface area contributed by atoms with Crippen molar-refractivity contribution in [2.24, 2.45) is 0 Å². The number of halogens is 2. The summed E-state index contributed by atoms with van der Waals surface area (Å²) in [6.07, 6.45) is -0.0395. The Bertz CT molecular complexity index is 927. The number of hydrogen-bond donors (Lipinski definition) is 1. The maximum Gasteiger partial charge on any atom is 0.414 e. The zero-order valence-corrected chi connectivity index (χ0v) is 18.1. The molecule has 0 bridgehead atoms. The van der Waals surface area contributed by atoms with Crippen LogP contribution in [0.25, 0.3) is 0 Å². The first-order chi connectivity index (χ1) is 14.6. The highest BCUT2D eigenvalue weighted by Crippen LogP contribution is 2.32. The minimum absolute atomic E-state index is 0.0170. The Kier molecular flexibility index (Phi) is 6.99. The zero-order valence-electron chi connectivity index (χ0n) is 17.3. The van der Waals surface area contributed by atoms with Gasteiger partial charge >= 0.3 is 6.09 Å². The van der Waals surface area contributed by atoms with Gasteiger partial charge in [-0.1, -0.05) is 6.92 Å². The molecule has 2 amide bonds. The molecular formula is C19H25F2N3O6S. The maximum atomic E-state index is 14.8. The number of anilines is 2. The fourth-order valence-corrected chi connectivity index (χ4v) is 4.31. The number of hydrogen-bond acceptors (Lipinski definition) is 7. The molecule has 172 valence electrons. The average molecular weight is 461 g/mol. The third-order valence-corrected chi connectivity index (χ3v) is 5.73. The third kappa shape index (κ3) is 5.82. The highest BCUT2D eigenvalue weighted by atomic mass is 32.2. The number of carbonyl (C=O) groups is 2. The predicted molar refractivity (Wildman–Crippen MR) is 108 cm³/mol. The van der Waals surface area contributed by atoms with Crippen molar-refractivity contribution in [2.75, 3.05) is 42.2 Å². The van der Waals surface area contributed by atoms with Crippen LogP contribution in [-0.2, 0) is 23.8 Å². The van der Waals surface area contributed by atoms with Crippen LogP contribution >= 0.6 is 0 Å². The molecular weight excluding hydrogens is 436 g/mol. The van der Waals surface area contributed by atoms with Gasteiger partial charge in [-0.2, -0.15) is 8.42 Å². The first kappa shape index (κ1) is 23.2. The summed E-state index contributed by atoms with van der Waals surface area (Å²) in [5.74, 6) is -1.87. The van der Waals surface area contributed by atoms with E-state index in [1.165, 1.54) is 4.90 Å². The first-order valence-corrected chi connectivity index (χ1v) is 11.8. The fraction of sp³-hybridized carbons (Fsp3) is 0.579. The predicted octanol–water partition coefficient (Wildman–Crippen LogP) is 1.76. The minimum atomic E-state index is -3.60. The monoisotopic (exact) mass is 461 g/mol. The second kappa shape index (κ2) is 9.35. The van der Waals surface area contributed by atoms with E-state index in [0.717, 1.165) is 23.3 Å². The molecule has 0 saturated carbocycles. The number of carbonyl (C=O) groups excluding carboxylic acids is 2. The van der Waals surface area contributed by atoms with Crippen LogP contribution in [0.2, 0.25) is 0 Å². The van der Waals surface area contributed by atoms with Crippen LogP contribution in [0, 0.1) is 11.6 Å². The lowest BCUT2D eigenvalue weighted by molar-refractivity contribution is -0.121. The minimum Gasteiger partial charge on any atom is -0.442 e. The van der Waals surface area contributed by atoms with Crippen LogP contribution in [-0.4, -0.2) is 65.1 Å². The smallest absolute Gasteiger partial charge is 0.414 e. The molecule has 2 aliphatic heterocycles. The van der Waals surface area contributed by atoms with Gasteiger partial charge in [0.25, 0.3) is 10.1 Å². The number of benzene rings is 1. The van der Waals surface area contributed by atoms with Gasteiger partial charge in [0.1, 0.15) is 11.8 Å². The average Bonchev–Trinajstić information content (AvgIpc) is 3.06. The number of nitrogens with one attached hydrogen (secondary N) is 1. The van der Waals surface area contributed by atoms with Crippen LogP contribution in [0.3, 0.4) is 0 Å². The molecule has 2 aliphatic rings. The summed E-state index contributed by atoms with van der Waals surface area (Å²) in [7, 11) is -3.60. The van der Waals surface area contributed by atoms with Crippen molar-refractivity contribution >= 4 is 33.5 Å². The van der Waals surface area contributed by atoms with E-state index in [2.05, 4.69) is 5.32 Å². The van der Waals surface area contributed by atoms with Gasteiger partial charge in [-0.15, -0.1) is 0 Å². The van der Waals surface area contributed by atoms with Crippen molar-refractivity contribution in [1.29, 1.82) is 0 Å². The summed E-state index contributed by atoms with van der Waals surface area (Å²) in [6, 6.07) is 2.12. The number of cyclic esters (lactones) is 1. The molecule has 9 nitrogen and oxygen atoms in total. The molecule has 2 saturated heterocycles. The van der Waals surface area contributed by atoms with Crippen molar-refractivity contribution in [1.82, 2.24) is 5.32 Å². The molecule has 1 N–H and O–H groups in total. The fourth-order valence-electron chi connectivity index (χ4n) is 3.62. The van der Waals surface area contributed by atoms with Gasteiger partial charge in [0, 0.05) is 31.6 Å². The van der Waals surface area contributed by atoms with E-state index < -0.39 is 40.1 Å². The highest BCUT2D eigenvalue weighted by Gasteiger charge is 2.34. The number of amides is 2. The second-order valence-electron chi connectivity index (χ2n) is 7.52. The number of nitrogens with zero attached hydrogens (tertiary/aromatic N) is 2. The molecule has 2 fully saturated rings. The molecule has 1 aromatic carbocycles. The van der Waals surface area contributed by atoms with Crippen LogP contribution < -0.4 is 15.1 Å². The summed E-state index contributed by atoms with van der Waals surface area (Å²) < 4.78 is 62.2. The van der Waals surface area contributed by atoms with Crippen LogP contribution in [0.15, 0.2) is 12.1 Å². The van der Waals surface area contributed by atoms with Crippen LogP contribution in [0.5, 0.6) is 0 Å². The summed E-state index contributed by atoms with van der Waals surface area (Å²) >= 11 is 0. The lowest BCUT2D eigenvalue weighted by Crippen LogP contribution is -2.38. The van der Waals surface area contributed by atoms with E-state index in [-0.39, 0.29) is 43.5 Å². The normalized spacial score (nSPS) is 20.1. The molecule has 0 aliphatic carbocycles. The Morgan fingerprint density at radius 3 is 2.42 bits per heavy atom. The molecule has 0 aromatic heterocycles. The SMILES string of the molecule is CCC(=O)NCC1CN(c2cc(F)c(N3CCC(OS(C)(=O)=O)CC3)c(F)c2)C(=O)O1. The Morgan fingerprint density at radius 1 is 1.26 bits per heavy atom. The Hall–Kier alpha value is -2.47. The van der Waals surface area contributed by atoms with E-state index in [0.29, 0.717) is 19.3 Å². The molecule has 0 radical (unpaired) electrons.